The van der Waals surface area contributed by atoms with Gasteiger partial charge in [-0.2, -0.15) is 0 Å². The van der Waals surface area contributed by atoms with Gasteiger partial charge in [0, 0.05) is 18.0 Å². The van der Waals surface area contributed by atoms with Crippen molar-refractivity contribution in [1.82, 2.24) is 5.32 Å². The molecule has 0 aromatic heterocycles. The van der Waals surface area contributed by atoms with E-state index < -0.39 is 12.0 Å². The minimum absolute atomic E-state index is 0.130. The molecular weight excluding hydrogens is 426 g/mol. The fourth-order valence-corrected chi connectivity index (χ4v) is 3.35. The van der Waals surface area contributed by atoms with Gasteiger partial charge in [0.25, 0.3) is 5.91 Å². The molecule has 1 unspecified atom stereocenters. The summed E-state index contributed by atoms with van der Waals surface area (Å²) in [6, 6.07) is 17.2. The van der Waals surface area contributed by atoms with Crippen molar-refractivity contribution >= 4 is 35.1 Å². The SMILES string of the molecule is COC1=C2C=C(C(=O)NC(=S)Nc3cccc(OCc4ccccc4)c3)OC2C=CC=N1. The number of benzene rings is 2. The average molecular weight is 448 g/mol. The maximum atomic E-state index is 12.6. The summed E-state index contributed by atoms with van der Waals surface area (Å²) in [5, 5.41) is 5.76. The van der Waals surface area contributed by atoms with Crippen LogP contribution in [0.25, 0.3) is 0 Å². The highest BCUT2D eigenvalue weighted by atomic mass is 32.1. The summed E-state index contributed by atoms with van der Waals surface area (Å²) < 4.78 is 16.8. The van der Waals surface area contributed by atoms with Crippen molar-refractivity contribution in [3.05, 3.63) is 95.6 Å². The van der Waals surface area contributed by atoms with Gasteiger partial charge in [-0.15, -0.1) is 0 Å². The zero-order valence-electron chi connectivity index (χ0n) is 17.3. The molecule has 0 aliphatic carbocycles. The largest absolute Gasteiger partial charge is 0.489 e. The molecule has 4 rings (SSSR count). The smallest absolute Gasteiger partial charge is 0.292 e. The maximum absolute atomic E-state index is 12.6. The molecule has 0 fully saturated rings. The number of amides is 1. The van der Waals surface area contributed by atoms with Crippen LogP contribution in [-0.2, 0) is 20.9 Å². The van der Waals surface area contributed by atoms with E-state index in [9.17, 15) is 4.79 Å². The number of methoxy groups -OCH3 is 1. The lowest BCUT2D eigenvalue weighted by Gasteiger charge is -2.13. The van der Waals surface area contributed by atoms with Gasteiger partial charge in [0.15, 0.2) is 10.9 Å². The number of carbonyl (C=O) groups excluding carboxylic acids is 1. The minimum Gasteiger partial charge on any atom is -0.489 e. The summed E-state index contributed by atoms with van der Waals surface area (Å²) in [6.45, 7) is 0.454. The van der Waals surface area contributed by atoms with Crippen molar-refractivity contribution in [3.63, 3.8) is 0 Å². The molecule has 1 atom stereocenters. The van der Waals surface area contributed by atoms with Crippen molar-refractivity contribution in [2.24, 2.45) is 4.99 Å². The average Bonchev–Trinajstić information content (AvgIpc) is 3.13. The van der Waals surface area contributed by atoms with Crippen molar-refractivity contribution < 1.29 is 19.0 Å². The Labute approximate surface area is 191 Å². The molecule has 2 N–H and O–H groups in total. The summed E-state index contributed by atoms with van der Waals surface area (Å²) in [6.07, 6.45) is 6.31. The van der Waals surface area contributed by atoms with Gasteiger partial charge in [-0.1, -0.05) is 36.4 Å². The molecule has 2 aliphatic rings. The second kappa shape index (κ2) is 9.93. The number of anilines is 1. The van der Waals surface area contributed by atoms with Gasteiger partial charge in [-0.05, 0) is 48.1 Å². The summed E-state index contributed by atoms with van der Waals surface area (Å²) >= 11 is 5.29. The number of allylic oxidation sites excluding steroid dienone is 1. The Hall–Kier alpha value is -3.91. The van der Waals surface area contributed by atoms with Gasteiger partial charge >= 0.3 is 0 Å². The molecule has 0 radical (unpaired) electrons. The normalized spacial score (nSPS) is 16.4. The summed E-state index contributed by atoms with van der Waals surface area (Å²) in [7, 11) is 1.52. The summed E-state index contributed by atoms with van der Waals surface area (Å²) in [4.78, 5) is 16.8. The number of ether oxygens (including phenoxy) is 3. The lowest BCUT2D eigenvalue weighted by Crippen LogP contribution is -2.35. The van der Waals surface area contributed by atoms with Gasteiger partial charge in [-0.3, -0.25) is 10.1 Å². The standard InChI is InChI=1S/C24H21N3O4S/c1-29-23-19-14-21(31-20(19)11-6-12-25-23)22(28)27-24(32)26-17-9-5-10-18(13-17)30-15-16-7-3-2-4-8-16/h2-14,20H,15H2,1H3,(H2,26,27,28,32). The molecule has 0 bridgehead atoms. The zero-order valence-corrected chi connectivity index (χ0v) is 18.1. The summed E-state index contributed by atoms with van der Waals surface area (Å²) in [5.41, 5.74) is 2.43. The lowest BCUT2D eigenvalue weighted by molar-refractivity contribution is -0.119. The van der Waals surface area contributed by atoms with Crippen LogP contribution in [-0.4, -0.2) is 30.4 Å². The fraction of sp³-hybridized carbons (Fsp3) is 0.125. The minimum atomic E-state index is -0.465. The molecule has 2 heterocycles. The van der Waals surface area contributed by atoms with Crippen molar-refractivity contribution in [3.8, 4) is 5.75 Å². The highest BCUT2D eigenvalue weighted by Gasteiger charge is 2.30. The predicted molar refractivity (Wildman–Crippen MR) is 126 cm³/mol. The van der Waals surface area contributed by atoms with Crippen LogP contribution >= 0.6 is 12.2 Å². The quantitative estimate of drug-likeness (QED) is 0.655. The van der Waals surface area contributed by atoms with E-state index in [2.05, 4.69) is 15.6 Å². The Morgan fingerprint density at radius 2 is 2.03 bits per heavy atom. The van der Waals surface area contributed by atoms with E-state index in [0.717, 1.165) is 5.56 Å². The first-order valence-corrected chi connectivity index (χ1v) is 10.3. The van der Waals surface area contributed by atoms with Crippen LogP contribution in [0.1, 0.15) is 5.56 Å². The number of aliphatic imine (C=N–C) groups is 1. The van der Waals surface area contributed by atoms with Crippen LogP contribution in [0.3, 0.4) is 0 Å². The second-order valence-corrected chi connectivity index (χ2v) is 7.29. The number of nitrogens with zero attached hydrogens (tertiary/aromatic N) is 1. The van der Waals surface area contributed by atoms with Gasteiger partial charge < -0.3 is 19.5 Å². The van der Waals surface area contributed by atoms with Crippen LogP contribution < -0.4 is 15.4 Å². The van der Waals surface area contributed by atoms with Crippen LogP contribution in [0.15, 0.2) is 95.0 Å². The van der Waals surface area contributed by atoms with Crippen LogP contribution in [0.4, 0.5) is 5.69 Å². The highest BCUT2D eigenvalue weighted by molar-refractivity contribution is 7.80. The van der Waals surface area contributed by atoms with E-state index >= 15 is 0 Å². The Morgan fingerprint density at radius 1 is 1.19 bits per heavy atom. The van der Waals surface area contributed by atoms with Crippen molar-refractivity contribution in [2.75, 3.05) is 12.4 Å². The van der Waals surface area contributed by atoms with Crippen molar-refractivity contribution in [1.29, 1.82) is 0 Å². The van der Waals surface area contributed by atoms with E-state index in [4.69, 9.17) is 26.4 Å². The Bertz CT molecular complexity index is 1140. The molecule has 0 saturated heterocycles. The van der Waals surface area contributed by atoms with Crippen LogP contribution in [0.5, 0.6) is 5.75 Å². The predicted octanol–water partition coefficient (Wildman–Crippen LogP) is 3.86. The molecule has 0 spiro atoms. The van der Waals surface area contributed by atoms with Crippen LogP contribution in [0.2, 0.25) is 0 Å². The molecule has 2 aliphatic heterocycles. The van der Waals surface area contributed by atoms with E-state index in [-0.39, 0.29) is 10.9 Å². The van der Waals surface area contributed by atoms with Gasteiger partial charge in [0.2, 0.25) is 5.88 Å². The van der Waals surface area contributed by atoms with E-state index in [0.29, 0.717) is 29.5 Å². The Morgan fingerprint density at radius 3 is 2.84 bits per heavy atom. The Kier molecular flexibility index (Phi) is 6.62. The first-order valence-electron chi connectivity index (χ1n) is 9.89. The number of rotatable bonds is 6. The highest BCUT2D eigenvalue weighted by Crippen LogP contribution is 2.28. The fourth-order valence-electron chi connectivity index (χ4n) is 3.14. The number of hydrogen-bond acceptors (Lipinski definition) is 6. The first kappa shape index (κ1) is 21.3. The molecule has 7 nitrogen and oxygen atoms in total. The number of thiocarbonyl (C=S) groups is 1. The van der Waals surface area contributed by atoms with E-state index in [1.165, 1.54) is 7.11 Å². The lowest BCUT2D eigenvalue weighted by atomic mass is 10.1. The third-order valence-corrected chi connectivity index (χ3v) is 4.85. The molecule has 8 heteroatoms. The topological polar surface area (TPSA) is 81.2 Å². The molecule has 162 valence electrons. The summed E-state index contributed by atoms with van der Waals surface area (Å²) in [5.74, 6) is 0.745. The van der Waals surface area contributed by atoms with Gasteiger partial charge in [0.05, 0.1) is 12.7 Å². The monoisotopic (exact) mass is 447 g/mol. The van der Waals surface area contributed by atoms with E-state index in [1.54, 1.807) is 24.4 Å². The number of nitrogens with one attached hydrogen (secondary N) is 2. The van der Waals surface area contributed by atoms with E-state index in [1.807, 2.05) is 54.6 Å². The third kappa shape index (κ3) is 5.22. The van der Waals surface area contributed by atoms with Gasteiger partial charge in [-0.25, -0.2) is 4.99 Å². The van der Waals surface area contributed by atoms with Crippen molar-refractivity contribution in [2.45, 2.75) is 12.7 Å². The molecule has 0 saturated carbocycles. The Balaban J connectivity index is 1.35. The molecular formula is C24H21N3O4S. The first-order chi connectivity index (χ1) is 15.6. The maximum Gasteiger partial charge on any atom is 0.292 e. The number of hydrogen-bond donors (Lipinski definition) is 2. The molecule has 32 heavy (non-hydrogen) atoms. The molecule has 2 aromatic rings. The van der Waals surface area contributed by atoms with Gasteiger partial charge in [0.1, 0.15) is 18.5 Å². The third-order valence-electron chi connectivity index (χ3n) is 4.64. The molecule has 1 amide bonds. The number of fused-ring (bicyclic) bond motifs is 1. The number of carbonyl (C=O) groups is 1. The van der Waals surface area contributed by atoms with Crippen LogP contribution in [0, 0.1) is 0 Å². The second-order valence-electron chi connectivity index (χ2n) is 6.89. The zero-order chi connectivity index (χ0) is 22.3. The molecule has 2 aromatic carbocycles.